The summed E-state index contributed by atoms with van der Waals surface area (Å²) in [4.78, 5) is 18.3. The Hall–Kier alpha value is -1.30. The van der Waals surface area contributed by atoms with Crippen molar-refractivity contribution in [2.75, 3.05) is 26.7 Å². The number of rotatable bonds is 3. The summed E-state index contributed by atoms with van der Waals surface area (Å²) >= 11 is 0. The summed E-state index contributed by atoms with van der Waals surface area (Å²) in [5, 5.41) is 7.25. The Balaban J connectivity index is 1.35. The van der Waals surface area contributed by atoms with Gasteiger partial charge in [-0.25, -0.2) is 0 Å². The van der Waals surface area contributed by atoms with Crippen LogP contribution in [0.5, 0.6) is 0 Å². The van der Waals surface area contributed by atoms with E-state index in [0.717, 1.165) is 32.1 Å². The molecule has 134 valence electrons. The van der Waals surface area contributed by atoms with Crippen molar-refractivity contribution in [3.63, 3.8) is 0 Å². The van der Waals surface area contributed by atoms with E-state index in [2.05, 4.69) is 15.6 Å². The third-order valence-corrected chi connectivity index (χ3v) is 6.74. The van der Waals surface area contributed by atoms with E-state index in [4.69, 9.17) is 4.74 Å². The number of nitrogens with zero attached hydrogens (tertiary/aromatic N) is 2. The van der Waals surface area contributed by atoms with Gasteiger partial charge < -0.3 is 20.3 Å². The Bertz CT molecular complexity index is 531. The quantitative estimate of drug-likeness (QED) is 0.600. The molecule has 2 saturated carbocycles. The van der Waals surface area contributed by atoms with E-state index in [1.165, 1.54) is 25.7 Å². The fourth-order valence-corrected chi connectivity index (χ4v) is 5.30. The molecular formula is C18H30N4O2. The third kappa shape index (κ3) is 2.41. The lowest BCUT2D eigenvalue weighted by molar-refractivity contribution is -0.171. The Morgan fingerprint density at radius 3 is 2.83 bits per heavy atom. The molecule has 0 aromatic carbocycles. The molecule has 4 atom stereocenters. The van der Waals surface area contributed by atoms with Gasteiger partial charge in [-0.05, 0) is 25.7 Å². The molecule has 2 N–H and O–H groups in total. The van der Waals surface area contributed by atoms with Crippen molar-refractivity contribution in [2.24, 2.45) is 16.3 Å². The van der Waals surface area contributed by atoms with E-state index < -0.39 is 0 Å². The molecule has 6 heteroatoms. The van der Waals surface area contributed by atoms with Gasteiger partial charge in [0.1, 0.15) is 0 Å². The number of amides is 1. The zero-order valence-corrected chi connectivity index (χ0v) is 14.9. The average Bonchev–Trinajstić information content (AvgIpc) is 3.17. The molecule has 1 amide bonds. The highest BCUT2D eigenvalue weighted by Gasteiger charge is 2.66. The summed E-state index contributed by atoms with van der Waals surface area (Å²) in [5.74, 6) is 1.79. The van der Waals surface area contributed by atoms with E-state index in [1.807, 2.05) is 18.9 Å². The first kappa shape index (κ1) is 16.2. The molecule has 24 heavy (non-hydrogen) atoms. The van der Waals surface area contributed by atoms with Crippen LogP contribution in [0.3, 0.4) is 0 Å². The van der Waals surface area contributed by atoms with Gasteiger partial charge in [-0.3, -0.25) is 9.79 Å². The third-order valence-electron chi connectivity index (χ3n) is 6.74. The van der Waals surface area contributed by atoms with Crippen LogP contribution in [0.2, 0.25) is 0 Å². The van der Waals surface area contributed by atoms with Crippen LogP contribution in [0.25, 0.3) is 0 Å². The second kappa shape index (κ2) is 6.21. The van der Waals surface area contributed by atoms with Crippen molar-refractivity contribution in [2.45, 2.75) is 63.6 Å². The summed E-state index contributed by atoms with van der Waals surface area (Å²) in [5.41, 5.74) is 0.360. The van der Waals surface area contributed by atoms with Crippen molar-refractivity contribution >= 4 is 11.9 Å². The minimum atomic E-state index is 0.251. The van der Waals surface area contributed by atoms with E-state index in [-0.39, 0.29) is 5.91 Å². The van der Waals surface area contributed by atoms with Crippen LogP contribution in [-0.2, 0) is 9.53 Å². The largest absolute Gasteiger partial charge is 0.377 e. The summed E-state index contributed by atoms with van der Waals surface area (Å²) in [7, 11) is 1.84. The zero-order chi connectivity index (χ0) is 16.7. The highest BCUT2D eigenvalue weighted by atomic mass is 16.5. The van der Waals surface area contributed by atoms with Gasteiger partial charge in [-0.15, -0.1) is 0 Å². The van der Waals surface area contributed by atoms with Crippen molar-refractivity contribution < 1.29 is 9.53 Å². The molecule has 2 aliphatic carbocycles. The fourth-order valence-electron chi connectivity index (χ4n) is 5.30. The van der Waals surface area contributed by atoms with Gasteiger partial charge in [0.2, 0.25) is 5.91 Å². The topological polar surface area (TPSA) is 66.0 Å². The van der Waals surface area contributed by atoms with E-state index in [9.17, 15) is 4.79 Å². The van der Waals surface area contributed by atoms with Crippen LogP contribution in [-0.4, -0.2) is 61.7 Å². The number of fused-ring (bicyclic) bond motifs is 2. The molecule has 4 aliphatic rings. The average molecular weight is 334 g/mol. The Kier molecular flexibility index (Phi) is 4.19. The van der Waals surface area contributed by atoms with E-state index in [0.29, 0.717) is 35.9 Å². The number of hydrogen-bond acceptors (Lipinski definition) is 3. The standard InChI is InChI=1S/C18H30N4O2/c1-3-14(23)22-9-5-12(11-22)20-17(19-2)21-15-13-6-10-24-16(13)18(15)7-4-8-18/h12-13,15-16H,3-11H2,1-2H3,(H2,19,20,21). The molecule has 2 saturated heterocycles. The van der Waals surface area contributed by atoms with Crippen LogP contribution in [0, 0.1) is 11.3 Å². The van der Waals surface area contributed by atoms with Crippen molar-refractivity contribution in [1.82, 2.24) is 15.5 Å². The summed E-state index contributed by atoms with van der Waals surface area (Å²) < 4.78 is 6.00. The molecular weight excluding hydrogens is 304 g/mol. The van der Waals surface area contributed by atoms with E-state index in [1.54, 1.807) is 0 Å². The Morgan fingerprint density at radius 1 is 1.33 bits per heavy atom. The molecule has 0 aromatic rings. The number of carbonyl (C=O) groups excluding carboxylic acids is 1. The maximum Gasteiger partial charge on any atom is 0.222 e. The minimum absolute atomic E-state index is 0.251. The molecule has 2 aliphatic heterocycles. The number of likely N-dealkylation sites (tertiary alicyclic amines) is 1. The maximum atomic E-state index is 11.8. The molecule has 0 aromatic heterocycles. The SMILES string of the molecule is CCC(=O)N1CCC(NC(=NC)NC2C3CCOC3C23CCC3)C1. The number of hydrogen-bond donors (Lipinski definition) is 2. The van der Waals surface area contributed by atoms with Crippen LogP contribution in [0.1, 0.15) is 45.4 Å². The summed E-state index contributed by atoms with van der Waals surface area (Å²) in [6.07, 6.45) is 7.13. The second-order valence-corrected chi connectivity index (χ2v) is 7.85. The minimum Gasteiger partial charge on any atom is -0.377 e. The van der Waals surface area contributed by atoms with Gasteiger partial charge in [0.05, 0.1) is 6.10 Å². The number of guanidine groups is 1. The molecule has 4 rings (SSSR count). The van der Waals surface area contributed by atoms with Crippen LogP contribution < -0.4 is 10.6 Å². The fraction of sp³-hybridized carbons (Fsp3) is 0.889. The van der Waals surface area contributed by atoms with Crippen LogP contribution >= 0.6 is 0 Å². The summed E-state index contributed by atoms with van der Waals surface area (Å²) in [6.45, 7) is 4.49. The lowest BCUT2D eigenvalue weighted by Crippen LogP contribution is -2.72. The highest BCUT2D eigenvalue weighted by Crippen LogP contribution is 2.62. The van der Waals surface area contributed by atoms with Gasteiger partial charge in [0.15, 0.2) is 5.96 Å². The molecule has 2 heterocycles. The number of aliphatic imine (C=N–C) groups is 1. The van der Waals surface area contributed by atoms with Crippen LogP contribution in [0.4, 0.5) is 0 Å². The molecule has 4 fully saturated rings. The number of nitrogens with one attached hydrogen (secondary N) is 2. The van der Waals surface area contributed by atoms with Gasteiger partial charge >= 0.3 is 0 Å². The van der Waals surface area contributed by atoms with Crippen LogP contribution in [0.15, 0.2) is 4.99 Å². The molecule has 1 spiro atoms. The number of carbonyl (C=O) groups is 1. The van der Waals surface area contributed by atoms with Gasteiger partial charge in [0, 0.05) is 56.6 Å². The zero-order valence-electron chi connectivity index (χ0n) is 14.9. The van der Waals surface area contributed by atoms with Crippen molar-refractivity contribution in [3.8, 4) is 0 Å². The van der Waals surface area contributed by atoms with E-state index >= 15 is 0 Å². The number of ether oxygens (including phenoxy) is 1. The lowest BCUT2D eigenvalue weighted by Gasteiger charge is -2.63. The smallest absolute Gasteiger partial charge is 0.222 e. The normalized spacial score (nSPS) is 36.9. The first-order chi connectivity index (χ1) is 11.7. The molecule has 0 bridgehead atoms. The van der Waals surface area contributed by atoms with Crippen molar-refractivity contribution in [1.29, 1.82) is 0 Å². The highest BCUT2D eigenvalue weighted by molar-refractivity contribution is 5.81. The Labute approximate surface area is 144 Å². The van der Waals surface area contributed by atoms with Gasteiger partial charge in [-0.1, -0.05) is 13.3 Å². The molecule has 0 radical (unpaired) electrons. The monoisotopic (exact) mass is 334 g/mol. The van der Waals surface area contributed by atoms with Crippen molar-refractivity contribution in [3.05, 3.63) is 0 Å². The predicted octanol–water partition coefficient (Wildman–Crippen LogP) is 1.12. The second-order valence-electron chi connectivity index (χ2n) is 7.85. The first-order valence-corrected chi connectivity index (χ1v) is 9.57. The Morgan fingerprint density at radius 2 is 2.17 bits per heavy atom. The maximum absolute atomic E-state index is 11.8. The first-order valence-electron chi connectivity index (χ1n) is 9.57. The van der Waals surface area contributed by atoms with Gasteiger partial charge in [-0.2, -0.15) is 0 Å². The predicted molar refractivity (Wildman–Crippen MR) is 92.8 cm³/mol. The molecule has 4 unspecified atom stereocenters. The van der Waals surface area contributed by atoms with Gasteiger partial charge in [0.25, 0.3) is 0 Å². The molecule has 6 nitrogen and oxygen atoms in total. The summed E-state index contributed by atoms with van der Waals surface area (Å²) in [6, 6.07) is 0.805. The lowest BCUT2D eigenvalue weighted by atomic mass is 9.46.